The zero-order chi connectivity index (χ0) is 45.2. The molecule has 0 unspecified atom stereocenters. The Morgan fingerprint density at radius 2 is 0.725 bits per heavy atom. The maximum atomic E-state index is 2.54. The molecule has 2 aliphatic rings. The van der Waals surface area contributed by atoms with Gasteiger partial charge in [-0.2, -0.15) is 0 Å². The number of rotatable bonds is 5. The summed E-state index contributed by atoms with van der Waals surface area (Å²) in [4.78, 5) is 2.54. The highest BCUT2D eigenvalue weighted by molar-refractivity contribution is 6.26. The normalized spacial score (nSPS) is 13.0. The summed E-state index contributed by atoms with van der Waals surface area (Å²) >= 11 is 0. The molecule has 0 bridgehead atoms. The molecule has 15 rings (SSSR count). The number of hydrogen-bond acceptors (Lipinski definition) is 1. The predicted molar refractivity (Wildman–Crippen MR) is 290 cm³/mol. The number of fused-ring (bicyclic) bond motifs is 19. The lowest BCUT2D eigenvalue weighted by Crippen LogP contribution is -2.26. The van der Waals surface area contributed by atoms with Crippen LogP contribution in [0.25, 0.3) is 93.2 Å². The van der Waals surface area contributed by atoms with Crippen molar-refractivity contribution in [2.45, 2.75) is 5.41 Å². The molecular weight excluding hydrogens is 833 g/mol. The SMILES string of the molecule is c1ccc(-n2c3ccccc3c3c(-c4ccccc4N(c4ccc5c(c4)C4(c6ccccc6-c6ccccc64)c4ccccc4-5)c4ccc5c6ccccc6c6ccccc6c5c4)cccc32)cc1. The zero-order valence-electron chi connectivity index (χ0n) is 37.6. The van der Waals surface area contributed by atoms with Gasteiger partial charge < -0.3 is 9.47 Å². The third-order valence-electron chi connectivity index (χ3n) is 15.4. The van der Waals surface area contributed by atoms with E-state index in [1.54, 1.807) is 0 Å². The second kappa shape index (κ2) is 14.5. The van der Waals surface area contributed by atoms with Gasteiger partial charge in [0.25, 0.3) is 0 Å². The Hall–Kier alpha value is -8.98. The Labute approximate surface area is 400 Å². The number of aromatic nitrogens is 1. The summed E-state index contributed by atoms with van der Waals surface area (Å²) in [6, 6.07) is 95.0. The molecule has 2 heteroatoms. The van der Waals surface area contributed by atoms with Gasteiger partial charge in [0.2, 0.25) is 0 Å². The molecule has 0 saturated heterocycles. The van der Waals surface area contributed by atoms with Crippen molar-refractivity contribution in [1.82, 2.24) is 4.57 Å². The van der Waals surface area contributed by atoms with Crippen molar-refractivity contribution in [3.8, 4) is 39.1 Å². The van der Waals surface area contributed by atoms with Crippen molar-refractivity contribution in [1.29, 1.82) is 0 Å². The molecule has 1 heterocycles. The standard InChI is InChI=1S/C67H42N2/c1-2-19-43(20-3-1)69-64-35-17-12-29-57(64)66-56(30-18-36-65(66)69)55-28-11-16-34-63(55)68(44-37-39-50-48-23-5-4-21-46(48)47-22-6-7-24-49(47)58(50)41-44)45-38-40-54-53-27-10-15-33-61(53)67(62(54)42-45)59-31-13-8-25-51(59)52-26-9-14-32-60(52)67/h1-42H. The van der Waals surface area contributed by atoms with E-state index in [4.69, 9.17) is 0 Å². The molecule has 1 aromatic heterocycles. The molecule has 0 saturated carbocycles. The Kier molecular flexibility index (Phi) is 8.02. The van der Waals surface area contributed by atoms with Crippen LogP contribution in [0.3, 0.4) is 0 Å². The fraction of sp³-hybridized carbons (Fsp3) is 0.0149. The average Bonchev–Trinajstić information content (AvgIpc) is 4.03. The van der Waals surface area contributed by atoms with E-state index >= 15 is 0 Å². The minimum absolute atomic E-state index is 0.482. The maximum absolute atomic E-state index is 2.54. The van der Waals surface area contributed by atoms with Crippen molar-refractivity contribution < 1.29 is 0 Å². The molecule has 2 nitrogen and oxygen atoms in total. The van der Waals surface area contributed by atoms with Crippen LogP contribution in [-0.4, -0.2) is 4.57 Å². The highest BCUT2D eigenvalue weighted by Crippen LogP contribution is 2.63. The topological polar surface area (TPSA) is 8.17 Å². The average molecular weight is 875 g/mol. The Morgan fingerprint density at radius 1 is 0.275 bits per heavy atom. The highest BCUT2D eigenvalue weighted by atomic mass is 15.1. The molecule has 0 amide bonds. The van der Waals surface area contributed by atoms with Crippen LogP contribution >= 0.6 is 0 Å². The van der Waals surface area contributed by atoms with Gasteiger partial charge in [-0.3, -0.25) is 0 Å². The number of anilines is 3. The quantitative estimate of drug-likeness (QED) is 0.156. The van der Waals surface area contributed by atoms with Gasteiger partial charge in [0, 0.05) is 33.4 Å². The lowest BCUT2D eigenvalue weighted by atomic mass is 9.70. The largest absolute Gasteiger partial charge is 0.310 e. The van der Waals surface area contributed by atoms with E-state index in [0.717, 1.165) is 28.3 Å². The summed E-state index contributed by atoms with van der Waals surface area (Å²) in [6.07, 6.45) is 0. The van der Waals surface area contributed by atoms with Crippen LogP contribution < -0.4 is 4.90 Å². The highest BCUT2D eigenvalue weighted by Gasteiger charge is 2.51. The molecule has 0 fully saturated rings. The van der Waals surface area contributed by atoms with E-state index in [1.807, 2.05) is 0 Å². The van der Waals surface area contributed by atoms with Crippen molar-refractivity contribution in [3.05, 3.63) is 277 Å². The number of benzene rings is 12. The van der Waals surface area contributed by atoms with Gasteiger partial charge in [0.15, 0.2) is 0 Å². The Bertz CT molecular complexity index is 4170. The Morgan fingerprint density at radius 3 is 1.38 bits per heavy atom. The van der Waals surface area contributed by atoms with Crippen LogP contribution in [0.1, 0.15) is 22.3 Å². The molecule has 0 aliphatic heterocycles. The Balaban J connectivity index is 1.04. The summed E-state index contributed by atoms with van der Waals surface area (Å²) in [6.45, 7) is 0. The summed E-state index contributed by atoms with van der Waals surface area (Å²) in [5.74, 6) is 0. The van der Waals surface area contributed by atoms with Crippen LogP contribution in [-0.2, 0) is 5.41 Å². The van der Waals surface area contributed by atoms with E-state index in [-0.39, 0.29) is 0 Å². The van der Waals surface area contributed by atoms with E-state index in [1.165, 1.54) is 104 Å². The third-order valence-corrected chi connectivity index (χ3v) is 15.4. The minimum atomic E-state index is -0.482. The second-order valence-corrected chi connectivity index (χ2v) is 18.7. The van der Waals surface area contributed by atoms with Crippen molar-refractivity contribution >= 4 is 71.2 Å². The number of para-hydroxylation sites is 3. The van der Waals surface area contributed by atoms with Gasteiger partial charge in [0.05, 0.1) is 22.1 Å². The summed E-state index contributed by atoms with van der Waals surface area (Å²) in [5.41, 5.74) is 19.2. The monoisotopic (exact) mass is 874 g/mol. The fourth-order valence-electron chi connectivity index (χ4n) is 12.7. The molecule has 69 heavy (non-hydrogen) atoms. The van der Waals surface area contributed by atoms with Gasteiger partial charge >= 0.3 is 0 Å². The van der Waals surface area contributed by atoms with E-state index < -0.39 is 5.41 Å². The van der Waals surface area contributed by atoms with Gasteiger partial charge in [-0.15, -0.1) is 0 Å². The van der Waals surface area contributed by atoms with Crippen LogP contribution in [0.2, 0.25) is 0 Å². The molecule has 13 aromatic rings. The first-order valence-electron chi connectivity index (χ1n) is 24.0. The lowest BCUT2D eigenvalue weighted by molar-refractivity contribution is 0.793. The van der Waals surface area contributed by atoms with Gasteiger partial charge in [-0.1, -0.05) is 200 Å². The smallest absolute Gasteiger partial charge is 0.0726 e. The fourth-order valence-corrected chi connectivity index (χ4v) is 12.7. The molecule has 0 radical (unpaired) electrons. The number of hydrogen-bond donors (Lipinski definition) is 0. The molecule has 0 atom stereocenters. The van der Waals surface area contributed by atoms with Crippen molar-refractivity contribution in [2.75, 3.05) is 4.90 Å². The van der Waals surface area contributed by atoms with Crippen LogP contribution in [0, 0.1) is 0 Å². The molecule has 0 N–H and O–H groups in total. The number of nitrogens with zero attached hydrogens (tertiary/aromatic N) is 2. The summed E-state index contributed by atoms with van der Waals surface area (Å²) < 4.78 is 2.42. The zero-order valence-corrected chi connectivity index (χ0v) is 37.6. The van der Waals surface area contributed by atoms with Crippen LogP contribution in [0.5, 0.6) is 0 Å². The van der Waals surface area contributed by atoms with E-state index in [9.17, 15) is 0 Å². The predicted octanol–water partition coefficient (Wildman–Crippen LogP) is 17.7. The first-order chi connectivity index (χ1) is 34.3. The van der Waals surface area contributed by atoms with Gasteiger partial charge in [-0.05, 0) is 137 Å². The van der Waals surface area contributed by atoms with E-state index in [0.29, 0.717) is 0 Å². The molecular formula is C67H42N2. The van der Waals surface area contributed by atoms with Crippen LogP contribution in [0.15, 0.2) is 255 Å². The molecule has 1 spiro atoms. The first-order valence-corrected chi connectivity index (χ1v) is 24.0. The second-order valence-electron chi connectivity index (χ2n) is 18.7. The van der Waals surface area contributed by atoms with E-state index in [2.05, 4.69) is 264 Å². The van der Waals surface area contributed by atoms with Crippen LogP contribution in [0.4, 0.5) is 17.1 Å². The molecule has 12 aromatic carbocycles. The lowest BCUT2D eigenvalue weighted by Gasteiger charge is -2.33. The maximum Gasteiger partial charge on any atom is 0.0726 e. The van der Waals surface area contributed by atoms with Gasteiger partial charge in [0.1, 0.15) is 0 Å². The summed E-state index contributed by atoms with van der Waals surface area (Å²) in [5, 5.41) is 10.0. The molecule has 320 valence electrons. The first kappa shape index (κ1) is 38.2. The summed E-state index contributed by atoms with van der Waals surface area (Å²) in [7, 11) is 0. The third kappa shape index (κ3) is 5.20. The van der Waals surface area contributed by atoms with Crippen molar-refractivity contribution in [3.63, 3.8) is 0 Å². The van der Waals surface area contributed by atoms with Gasteiger partial charge in [-0.25, -0.2) is 0 Å². The molecule has 2 aliphatic carbocycles. The van der Waals surface area contributed by atoms with Crippen molar-refractivity contribution in [2.24, 2.45) is 0 Å². The minimum Gasteiger partial charge on any atom is -0.310 e.